The average molecular weight is 251 g/mol. The number of nitrogens with zero attached hydrogens (tertiary/aromatic N) is 3. The molecule has 0 N–H and O–H groups in total. The fraction of sp³-hybridized carbons (Fsp3) is 0.750. The number of amides is 1. The second-order valence-electron chi connectivity index (χ2n) is 4.84. The van der Waals surface area contributed by atoms with Crippen LogP contribution in [-0.4, -0.2) is 47.3 Å². The number of carbonyl (C=O) groups excluding carboxylic acids is 1. The third kappa shape index (κ3) is 2.38. The van der Waals surface area contributed by atoms with Crippen molar-refractivity contribution >= 4 is 5.91 Å². The van der Waals surface area contributed by atoms with E-state index in [0.717, 1.165) is 31.8 Å². The first-order valence-corrected chi connectivity index (χ1v) is 6.51. The first-order valence-electron chi connectivity index (χ1n) is 6.51. The van der Waals surface area contributed by atoms with Gasteiger partial charge in [-0.3, -0.25) is 4.79 Å². The molecule has 3 rings (SSSR count). The molecule has 6 nitrogen and oxygen atoms in total. The Balaban J connectivity index is 1.55. The molecule has 0 aliphatic carbocycles. The van der Waals surface area contributed by atoms with Crippen LogP contribution in [0.25, 0.3) is 0 Å². The van der Waals surface area contributed by atoms with Gasteiger partial charge in [0, 0.05) is 38.5 Å². The second kappa shape index (κ2) is 5.06. The lowest BCUT2D eigenvalue weighted by Crippen LogP contribution is -2.26. The van der Waals surface area contributed by atoms with Crippen LogP contribution in [0.1, 0.15) is 36.9 Å². The zero-order valence-corrected chi connectivity index (χ0v) is 10.3. The van der Waals surface area contributed by atoms with E-state index >= 15 is 0 Å². The molecule has 0 radical (unpaired) electrons. The molecule has 2 aliphatic rings. The molecule has 3 heterocycles. The molecule has 1 amide bonds. The van der Waals surface area contributed by atoms with Gasteiger partial charge in [-0.05, 0) is 12.8 Å². The molecule has 18 heavy (non-hydrogen) atoms. The normalized spacial score (nSPS) is 24.1. The molecule has 2 aliphatic heterocycles. The van der Waals surface area contributed by atoms with Crippen molar-refractivity contribution in [3.63, 3.8) is 0 Å². The Morgan fingerprint density at radius 2 is 2.39 bits per heavy atom. The smallest absolute Gasteiger partial charge is 0.228 e. The predicted octanol–water partition coefficient (Wildman–Crippen LogP) is 0.738. The molecule has 2 saturated heterocycles. The van der Waals surface area contributed by atoms with Gasteiger partial charge in [-0.1, -0.05) is 5.16 Å². The predicted molar refractivity (Wildman–Crippen MR) is 62.0 cm³/mol. The zero-order chi connectivity index (χ0) is 12.4. The van der Waals surface area contributed by atoms with Gasteiger partial charge in [-0.2, -0.15) is 4.98 Å². The Morgan fingerprint density at radius 1 is 1.44 bits per heavy atom. The van der Waals surface area contributed by atoms with Gasteiger partial charge in [-0.15, -0.1) is 0 Å². The van der Waals surface area contributed by atoms with Gasteiger partial charge in [0.25, 0.3) is 0 Å². The summed E-state index contributed by atoms with van der Waals surface area (Å²) in [7, 11) is 0. The number of rotatable bonds is 4. The molecular weight excluding hydrogens is 234 g/mol. The summed E-state index contributed by atoms with van der Waals surface area (Å²) in [6, 6.07) is 0. The topological polar surface area (TPSA) is 68.5 Å². The van der Waals surface area contributed by atoms with E-state index in [9.17, 15) is 4.79 Å². The average Bonchev–Trinajstić information content (AvgIpc) is 3.08. The minimum absolute atomic E-state index is 0.235. The molecule has 0 bridgehead atoms. The second-order valence-corrected chi connectivity index (χ2v) is 4.84. The van der Waals surface area contributed by atoms with Gasteiger partial charge in [0.1, 0.15) is 0 Å². The Bertz CT molecular complexity index is 426. The molecular formula is C12H17N3O3. The maximum atomic E-state index is 11.5. The Kier molecular flexibility index (Phi) is 3.27. The molecule has 98 valence electrons. The van der Waals surface area contributed by atoms with Crippen LogP contribution in [0.5, 0.6) is 0 Å². The molecule has 1 aromatic rings. The summed E-state index contributed by atoms with van der Waals surface area (Å²) in [6.45, 7) is 3.00. The summed E-state index contributed by atoms with van der Waals surface area (Å²) in [6.07, 6.45) is 3.25. The highest BCUT2D eigenvalue weighted by Crippen LogP contribution is 2.22. The highest BCUT2D eigenvalue weighted by molar-refractivity contribution is 5.78. The summed E-state index contributed by atoms with van der Waals surface area (Å²) in [5.41, 5.74) is 0. The van der Waals surface area contributed by atoms with E-state index in [2.05, 4.69) is 10.1 Å². The van der Waals surface area contributed by atoms with Crippen LogP contribution < -0.4 is 0 Å². The highest BCUT2D eigenvalue weighted by Gasteiger charge is 2.24. The number of ether oxygens (including phenoxy) is 1. The quantitative estimate of drug-likeness (QED) is 0.789. The van der Waals surface area contributed by atoms with Crippen molar-refractivity contribution in [1.29, 1.82) is 0 Å². The van der Waals surface area contributed by atoms with Crippen molar-refractivity contribution in [1.82, 2.24) is 15.0 Å². The number of carbonyl (C=O) groups is 1. The van der Waals surface area contributed by atoms with E-state index in [1.54, 1.807) is 0 Å². The van der Waals surface area contributed by atoms with Crippen molar-refractivity contribution < 1.29 is 14.1 Å². The summed E-state index contributed by atoms with van der Waals surface area (Å²) in [5, 5.41) is 3.99. The largest absolute Gasteiger partial charge is 0.381 e. The van der Waals surface area contributed by atoms with Crippen molar-refractivity contribution in [3.05, 3.63) is 11.7 Å². The lowest BCUT2D eigenvalue weighted by Gasteiger charge is -2.13. The zero-order valence-electron chi connectivity index (χ0n) is 10.3. The molecule has 6 heteroatoms. The van der Waals surface area contributed by atoms with Crippen LogP contribution in [0.4, 0.5) is 0 Å². The van der Waals surface area contributed by atoms with E-state index in [4.69, 9.17) is 9.26 Å². The third-order valence-corrected chi connectivity index (χ3v) is 3.55. The van der Waals surface area contributed by atoms with Crippen LogP contribution in [0.3, 0.4) is 0 Å². The standard InChI is InChI=1S/C12H17N3O3/c16-11-2-1-5-15(11)6-3-10-13-12(14-18-10)9-4-7-17-8-9/h9H,1-8H2. The Morgan fingerprint density at radius 3 is 3.11 bits per heavy atom. The van der Waals surface area contributed by atoms with Crippen molar-refractivity contribution in [3.8, 4) is 0 Å². The maximum Gasteiger partial charge on any atom is 0.228 e. The lowest BCUT2D eigenvalue weighted by atomic mass is 10.1. The summed E-state index contributed by atoms with van der Waals surface area (Å²) in [5.74, 6) is 1.88. The van der Waals surface area contributed by atoms with Gasteiger partial charge >= 0.3 is 0 Å². The minimum Gasteiger partial charge on any atom is -0.381 e. The van der Waals surface area contributed by atoms with E-state index < -0.39 is 0 Å². The summed E-state index contributed by atoms with van der Waals surface area (Å²) < 4.78 is 10.5. The minimum atomic E-state index is 0.235. The molecule has 1 aromatic heterocycles. The first-order chi connectivity index (χ1) is 8.83. The van der Waals surface area contributed by atoms with Crippen LogP contribution in [-0.2, 0) is 16.0 Å². The molecule has 1 atom stereocenters. The van der Waals surface area contributed by atoms with Gasteiger partial charge in [0.15, 0.2) is 5.82 Å². The lowest BCUT2D eigenvalue weighted by molar-refractivity contribution is -0.127. The number of hydrogen-bond donors (Lipinski definition) is 0. The van der Waals surface area contributed by atoms with Crippen LogP contribution in [0, 0.1) is 0 Å². The number of aromatic nitrogens is 2. The van der Waals surface area contributed by atoms with Gasteiger partial charge in [-0.25, -0.2) is 0 Å². The molecule has 0 aromatic carbocycles. The molecule has 2 fully saturated rings. The maximum absolute atomic E-state index is 11.5. The van der Waals surface area contributed by atoms with E-state index in [-0.39, 0.29) is 11.8 Å². The van der Waals surface area contributed by atoms with Gasteiger partial charge in [0.2, 0.25) is 11.8 Å². The SMILES string of the molecule is O=C1CCCN1CCc1nc(C2CCOC2)no1. The molecule has 1 unspecified atom stereocenters. The van der Waals surface area contributed by atoms with Crippen molar-refractivity contribution in [2.24, 2.45) is 0 Å². The summed E-state index contributed by atoms with van der Waals surface area (Å²) >= 11 is 0. The molecule has 0 saturated carbocycles. The van der Waals surface area contributed by atoms with Crippen LogP contribution >= 0.6 is 0 Å². The highest BCUT2D eigenvalue weighted by atomic mass is 16.5. The monoisotopic (exact) mass is 251 g/mol. The Labute approximate surface area is 105 Å². The van der Waals surface area contributed by atoms with E-state index in [1.807, 2.05) is 4.90 Å². The van der Waals surface area contributed by atoms with Crippen molar-refractivity contribution in [2.75, 3.05) is 26.3 Å². The van der Waals surface area contributed by atoms with Crippen LogP contribution in [0.15, 0.2) is 4.52 Å². The van der Waals surface area contributed by atoms with E-state index in [1.165, 1.54) is 0 Å². The third-order valence-electron chi connectivity index (χ3n) is 3.55. The van der Waals surface area contributed by atoms with Crippen molar-refractivity contribution in [2.45, 2.75) is 31.6 Å². The van der Waals surface area contributed by atoms with Gasteiger partial charge < -0.3 is 14.2 Å². The van der Waals surface area contributed by atoms with Gasteiger partial charge in [0.05, 0.1) is 6.61 Å². The number of likely N-dealkylation sites (tertiary alicyclic amines) is 1. The first kappa shape index (κ1) is 11.6. The number of hydrogen-bond acceptors (Lipinski definition) is 5. The fourth-order valence-electron chi connectivity index (χ4n) is 2.44. The van der Waals surface area contributed by atoms with Crippen LogP contribution in [0.2, 0.25) is 0 Å². The Hall–Kier alpha value is -1.43. The fourth-order valence-corrected chi connectivity index (χ4v) is 2.44. The summed E-state index contributed by atoms with van der Waals surface area (Å²) in [4.78, 5) is 17.7. The van der Waals surface area contributed by atoms with E-state index in [0.29, 0.717) is 31.9 Å². The molecule has 0 spiro atoms.